The van der Waals surface area contributed by atoms with E-state index in [4.69, 9.17) is 14.7 Å². The molecule has 0 unspecified atom stereocenters. The summed E-state index contributed by atoms with van der Waals surface area (Å²) in [6, 6.07) is 8.06. The average molecular weight is 359 g/mol. The van der Waals surface area contributed by atoms with E-state index in [1.165, 1.54) is 4.90 Å². The molecule has 1 saturated heterocycles. The molecule has 2 rings (SSSR count). The van der Waals surface area contributed by atoms with E-state index in [-0.39, 0.29) is 18.6 Å². The minimum absolute atomic E-state index is 0.130. The first-order valence-electron chi connectivity index (χ1n) is 8.59. The summed E-state index contributed by atoms with van der Waals surface area (Å²) < 4.78 is 10.8. The van der Waals surface area contributed by atoms with Gasteiger partial charge in [0.2, 0.25) is 5.91 Å². The van der Waals surface area contributed by atoms with Crippen molar-refractivity contribution in [3.8, 4) is 6.07 Å². The van der Waals surface area contributed by atoms with E-state index in [1.54, 1.807) is 45.0 Å². The van der Waals surface area contributed by atoms with E-state index in [0.29, 0.717) is 18.7 Å². The molecule has 2 atom stereocenters. The summed E-state index contributed by atoms with van der Waals surface area (Å²) in [5, 5.41) is 11.8. The minimum atomic E-state index is -0.737. The van der Waals surface area contributed by atoms with Crippen molar-refractivity contribution in [1.82, 2.24) is 10.2 Å². The second-order valence-corrected chi connectivity index (χ2v) is 7.23. The van der Waals surface area contributed by atoms with Gasteiger partial charge < -0.3 is 14.8 Å². The Morgan fingerprint density at radius 2 is 2.00 bits per heavy atom. The monoisotopic (exact) mass is 359 g/mol. The third kappa shape index (κ3) is 5.20. The Hall–Kier alpha value is -2.59. The number of nitrogens with one attached hydrogen (secondary N) is 1. The number of amides is 2. The summed E-state index contributed by atoms with van der Waals surface area (Å²) in [5.41, 5.74) is 0.800. The Balaban J connectivity index is 2.05. The molecule has 0 aromatic heterocycles. The van der Waals surface area contributed by atoms with Crippen molar-refractivity contribution >= 4 is 12.0 Å². The van der Waals surface area contributed by atoms with E-state index in [1.807, 2.05) is 6.92 Å². The molecule has 1 fully saturated rings. The number of ether oxygens (including phenoxy) is 2. The van der Waals surface area contributed by atoms with Crippen LogP contribution in [0.25, 0.3) is 0 Å². The number of morpholine rings is 1. The van der Waals surface area contributed by atoms with Crippen LogP contribution in [-0.2, 0) is 14.3 Å². The highest BCUT2D eigenvalue weighted by Crippen LogP contribution is 2.17. The summed E-state index contributed by atoms with van der Waals surface area (Å²) in [7, 11) is 0. The lowest BCUT2D eigenvalue weighted by atomic mass is 10.1. The Morgan fingerprint density at radius 1 is 1.35 bits per heavy atom. The van der Waals surface area contributed by atoms with E-state index in [9.17, 15) is 9.59 Å². The number of rotatable bonds is 3. The molecule has 1 aromatic rings. The van der Waals surface area contributed by atoms with Crippen molar-refractivity contribution in [2.24, 2.45) is 0 Å². The van der Waals surface area contributed by atoms with Crippen molar-refractivity contribution in [2.75, 3.05) is 19.8 Å². The topological polar surface area (TPSA) is 91.7 Å². The predicted octanol–water partition coefficient (Wildman–Crippen LogP) is 2.37. The number of benzene rings is 1. The zero-order chi connectivity index (χ0) is 19.3. The Bertz CT molecular complexity index is 688. The van der Waals surface area contributed by atoms with Gasteiger partial charge in [0.15, 0.2) is 0 Å². The average Bonchev–Trinajstić information content (AvgIpc) is 2.60. The van der Waals surface area contributed by atoms with Crippen LogP contribution < -0.4 is 5.32 Å². The molecule has 0 saturated carbocycles. The summed E-state index contributed by atoms with van der Waals surface area (Å²) in [5.74, 6) is -0.299. The molecule has 1 aliphatic heterocycles. The number of carbonyl (C=O) groups excluding carboxylic acids is 2. The molecule has 0 radical (unpaired) electrons. The maximum Gasteiger partial charge on any atom is 0.411 e. The first-order valence-corrected chi connectivity index (χ1v) is 8.59. The predicted molar refractivity (Wildman–Crippen MR) is 95.3 cm³/mol. The third-order valence-corrected chi connectivity index (χ3v) is 3.96. The highest BCUT2D eigenvalue weighted by Gasteiger charge is 2.36. The first kappa shape index (κ1) is 19.7. The van der Waals surface area contributed by atoms with Crippen LogP contribution >= 0.6 is 0 Å². The van der Waals surface area contributed by atoms with E-state index in [0.717, 1.165) is 5.56 Å². The number of hydrogen-bond acceptors (Lipinski definition) is 5. The number of carbonyl (C=O) groups is 2. The lowest BCUT2D eigenvalue weighted by Gasteiger charge is -2.36. The van der Waals surface area contributed by atoms with Crippen LogP contribution in [0.2, 0.25) is 0 Å². The second kappa shape index (κ2) is 8.19. The van der Waals surface area contributed by atoms with Gasteiger partial charge in [-0.15, -0.1) is 0 Å². The second-order valence-electron chi connectivity index (χ2n) is 7.23. The van der Waals surface area contributed by atoms with Crippen LogP contribution in [0.15, 0.2) is 24.3 Å². The molecule has 1 aliphatic rings. The lowest BCUT2D eigenvalue weighted by molar-refractivity contribution is -0.132. The van der Waals surface area contributed by atoms with Gasteiger partial charge in [0, 0.05) is 6.54 Å². The van der Waals surface area contributed by atoms with Gasteiger partial charge in [-0.1, -0.05) is 12.1 Å². The van der Waals surface area contributed by atoms with Crippen molar-refractivity contribution in [3.63, 3.8) is 0 Å². The van der Waals surface area contributed by atoms with Crippen molar-refractivity contribution in [2.45, 2.75) is 45.4 Å². The van der Waals surface area contributed by atoms with Crippen LogP contribution in [0.5, 0.6) is 0 Å². The summed E-state index contributed by atoms with van der Waals surface area (Å²) >= 11 is 0. The fraction of sp³-hybridized carbons (Fsp3) is 0.526. The van der Waals surface area contributed by atoms with Crippen molar-refractivity contribution in [1.29, 1.82) is 5.26 Å². The van der Waals surface area contributed by atoms with Gasteiger partial charge in [-0.3, -0.25) is 9.69 Å². The Morgan fingerprint density at radius 3 is 2.58 bits per heavy atom. The molecular weight excluding hydrogens is 334 g/mol. The zero-order valence-electron chi connectivity index (χ0n) is 15.6. The maximum atomic E-state index is 12.7. The SMILES string of the molecule is C[C@H](NC(=O)[C@H]1COCCN1C(=O)OC(C)(C)C)c1ccc(C#N)cc1. The smallest absolute Gasteiger partial charge is 0.411 e. The van der Waals surface area contributed by atoms with Crippen molar-refractivity contribution < 1.29 is 19.1 Å². The Kier molecular flexibility index (Phi) is 6.22. The van der Waals surface area contributed by atoms with Crippen LogP contribution in [0.4, 0.5) is 4.79 Å². The summed E-state index contributed by atoms with van der Waals surface area (Å²) in [6.45, 7) is 8.01. The molecule has 0 aliphatic carbocycles. The van der Waals surface area contributed by atoms with Crippen LogP contribution in [0.1, 0.15) is 44.9 Å². The molecule has 0 bridgehead atoms. The first-order chi connectivity index (χ1) is 12.2. The molecule has 7 heteroatoms. The van der Waals surface area contributed by atoms with Crippen molar-refractivity contribution in [3.05, 3.63) is 35.4 Å². The highest BCUT2D eigenvalue weighted by atomic mass is 16.6. The molecule has 2 amide bonds. The zero-order valence-corrected chi connectivity index (χ0v) is 15.6. The van der Waals surface area contributed by atoms with E-state index >= 15 is 0 Å². The molecule has 0 spiro atoms. The van der Waals surface area contributed by atoms with Gasteiger partial charge >= 0.3 is 6.09 Å². The summed E-state index contributed by atoms with van der Waals surface area (Å²) in [4.78, 5) is 26.5. The maximum absolute atomic E-state index is 12.7. The molecule has 1 heterocycles. The highest BCUT2D eigenvalue weighted by molar-refractivity contribution is 5.86. The number of nitriles is 1. The van der Waals surface area contributed by atoms with Gasteiger partial charge in [-0.25, -0.2) is 4.79 Å². The van der Waals surface area contributed by atoms with Gasteiger partial charge in [0.25, 0.3) is 0 Å². The molecular formula is C19H25N3O4. The van der Waals surface area contributed by atoms with E-state index < -0.39 is 17.7 Å². The largest absolute Gasteiger partial charge is 0.444 e. The molecule has 7 nitrogen and oxygen atoms in total. The number of nitrogens with zero attached hydrogens (tertiary/aromatic N) is 2. The molecule has 1 N–H and O–H groups in total. The fourth-order valence-corrected chi connectivity index (χ4v) is 2.60. The third-order valence-electron chi connectivity index (χ3n) is 3.96. The molecule has 140 valence electrons. The van der Waals surface area contributed by atoms with Crippen LogP contribution in [0.3, 0.4) is 0 Å². The van der Waals surface area contributed by atoms with Crippen LogP contribution in [0, 0.1) is 11.3 Å². The van der Waals surface area contributed by atoms with Gasteiger partial charge in [-0.2, -0.15) is 5.26 Å². The standard InChI is InChI=1S/C19H25N3O4/c1-13(15-7-5-14(11-20)6-8-15)21-17(23)16-12-25-10-9-22(16)18(24)26-19(2,3)4/h5-8,13,16H,9-10,12H2,1-4H3,(H,21,23)/t13-,16+/m0/s1. The molecule has 1 aromatic carbocycles. The minimum Gasteiger partial charge on any atom is -0.444 e. The van der Waals surface area contributed by atoms with Gasteiger partial charge in [-0.05, 0) is 45.4 Å². The fourth-order valence-electron chi connectivity index (χ4n) is 2.60. The molecule has 26 heavy (non-hydrogen) atoms. The van der Waals surface area contributed by atoms with Gasteiger partial charge in [0.05, 0.1) is 30.9 Å². The Labute approximate surface area is 153 Å². The normalized spacial score (nSPS) is 18.6. The lowest BCUT2D eigenvalue weighted by Crippen LogP contribution is -2.57. The van der Waals surface area contributed by atoms with Crippen LogP contribution in [-0.4, -0.2) is 48.3 Å². The van der Waals surface area contributed by atoms with E-state index in [2.05, 4.69) is 11.4 Å². The van der Waals surface area contributed by atoms with Gasteiger partial charge in [0.1, 0.15) is 11.6 Å². The number of hydrogen-bond donors (Lipinski definition) is 1. The quantitative estimate of drug-likeness (QED) is 0.894. The summed E-state index contributed by atoms with van der Waals surface area (Å²) in [6.07, 6.45) is -0.521.